The number of oxime groups is 1. The molecule has 0 fully saturated rings. The molecule has 0 saturated heterocycles. The number of nitrogens with zero attached hydrogens (tertiary/aromatic N) is 1. The molecule has 0 radical (unpaired) electrons. The van der Waals surface area contributed by atoms with Gasteiger partial charge < -0.3 is 14.3 Å². The average Bonchev–Trinajstić information content (AvgIpc) is 2.51. The monoisotopic (exact) mass is 407 g/mol. The molecular formula is C18H24Cl3NO3. The van der Waals surface area contributed by atoms with Crippen molar-refractivity contribution in [2.75, 3.05) is 19.8 Å². The molecule has 0 aromatic heterocycles. The minimum absolute atomic E-state index is 0.167. The van der Waals surface area contributed by atoms with Crippen molar-refractivity contribution in [1.29, 1.82) is 0 Å². The summed E-state index contributed by atoms with van der Waals surface area (Å²) in [6.07, 6.45) is 2.28. The van der Waals surface area contributed by atoms with Crippen LogP contribution in [0, 0.1) is 0 Å². The second kappa shape index (κ2) is 11.5. The van der Waals surface area contributed by atoms with Crippen LogP contribution in [0.2, 0.25) is 5.02 Å². The fourth-order valence-corrected chi connectivity index (χ4v) is 2.32. The molecule has 1 rings (SSSR count). The van der Waals surface area contributed by atoms with E-state index in [9.17, 15) is 0 Å². The van der Waals surface area contributed by atoms with Crippen LogP contribution in [0.4, 0.5) is 0 Å². The smallest absolute Gasteiger partial charge is 0.141 e. The summed E-state index contributed by atoms with van der Waals surface area (Å²) >= 11 is 17.5. The third-order valence-corrected chi connectivity index (χ3v) is 3.62. The van der Waals surface area contributed by atoms with Gasteiger partial charge in [-0.25, -0.2) is 0 Å². The molecule has 0 bridgehead atoms. The molecule has 0 saturated carbocycles. The zero-order valence-corrected chi connectivity index (χ0v) is 17.2. The molecule has 0 aliphatic heterocycles. The van der Waals surface area contributed by atoms with Crippen molar-refractivity contribution in [3.63, 3.8) is 0 Å². The van der Waals surface area contributed by atoms with Crippen molar-refractivity contribution in [3.8, 4) is 11.5 Å². The SMILES string of the molecule is CC(C)=NOCCCOc1c(Cl)cc(OCC=C(Cl)Cl)cc1C(C)C. The number of hydrogen-bond acceptors (Lipinski definition) is 4. The van der Waals surface area contributed by atoms with Crippen LogP contribution in [0.25, 0.3) is 0 Å². The van der Waals surface area contributed by atoms with Crippen LogP contribution >= 0.6 is 34.8 Å². The first kappa shape index (κ1) is 21.9. The highest BCUT2D eigenvalue weighted by Crippen LogP contribution is 2.37. The Balaban J connectivity index is 2.71. The Morgan fingerprint density at radius 2 is 1.88 bits per heavy atom. The highest BCUT2D eigenvalue weighted by Gasteiger charge is 2.15. The fourth-order valence-electron chi connectivity index (χ4n) is 1.93. The van der Waals surface area contributed by atoms with Gasteiger partial charge in [-0.1, -0.05) is 53.8 Å². The highest BCUT2D eigenvalue weighted by atomic mass is 35.5. The predicted molar refractivity (Wildman–Crippen MR) is 106 cm³/mol. The first-order chi connectivity index (χ1) is 11.8. The quantitative estimate of drug-likeness (QED) is 0.257. The zero-order chi connectivity index (χ0) is 18.8. The largest absolute Gasteiger partial charge is 0.492 e. The van der Waals surface area contributed by atoms with Gasteiger partial charge >= 0.3 is 0 Å². The van der Waals surface area contributed by atoms with Gasteiger partial charge in [0.1, 0.15) is 29.2 Å². The summed E-state index contributed by atoms with van der Waals surface area (Å²) in [5, 5.41) is 4.39. The van der Waals surface area contributed by atoms with Crippen LogP contribution in [-0.4, -0.2) is 25.5 Å². The maximum atomic E-state index is 6.38. The van der Waals surface area contributed by atoms with Crippen LogP contribution in [0.15, 0.2) is 27.9 Å². The molecular weight excluding hydrogens is 385 g/mol. The van der Waals surface area contributed by atoms with E-state index >= 15 is 0 Å². The average molecular weight is 409 g/mol. The van der Waals surface area contributed by atoms with Crippen molar-refractivity contribution in [3.05, 3.63) is 33.3 Å². The Bertz CT molecular complexity index is 608. The summed E-state index contributed by atoms with van der Waals surface area (Å²) in [5.74, 6) is 1.54. The molecule has 0 atom stereocenters. The lowest BCUT2D eigenvalue weighted by atomic mass is 10.0. The molecule has 0 unspecified atom stereocenters. The van der Waals surface area contributed by atoms with Gasteiger partial charge in [0.2, 0.25) is 0 Å². The number of ether oxygens (including phenoxy) is 2. The Kier molecular flexibility index (Phi) is 10.1. The predicted octanol–water partition coefficient (Wildman–Crippen LogP) is 6.34. The summed E-state index contributed by atoms with van der Waals surface area (Å²) in [6, 6.07) is 3.64. The number of rotatable bonds is 10. The van der Waals surface area contributed by atoms with E-state index in [0.29, 0.717) is 36.2 Å². The molecule has 0 N–H and O–H groups in total. The van der Waals surface area contributed by atoms with E-state index in [-0.39, 0.29) is 17.0 Å². The van der Waals surface area contributed by atoms with Gasteiger partial charge in [0, 0.05) is 18.1 Å². The Labute approximate surface area is 164 Å². The van der Waals surface area contributed by atoms with Crippen LogP contribution in [0.3, 0.4) is 0 Å². The van der Waals surface area contributed by atoms with Gasteiger partial charge in [-0.05, 0) is 31.9 Å². The van der Waals surface area contributed by atoms with Crippen LogP contribution in [-0.2, 0) is 4.84 Å². The summed E-state index contributed by atoms with van der Waals surface area (Å²) in [5.41, 5.74) is 1.86. The topological polar surface area (TPSA) is 40.0 Å². The van der Waals surface area contributed by atoms with E-state index in [0.717, 1.165) is 11.3 Å². The minimum atomic E-state index is 0.167. The molecule has 25 heavy (non-hydrogen) atoms. The zero-order valence-electron chi connectivity index (χ0n) is 14.9. The van der Waals surface area contributed by atoms with Crippen molar-refractivity contribution < 1.29 is 14.3 Å². The van der Waals surface area contributed by atoms with E-state index in [4.69, 9.17) is 49.1 Å². The molecule has 1 aromatic rings. The van der Waals surface area contributed by atoms with Crippen LogP contribution in [0.1, 0.15) is 45.6 Å². The fraction of sp³-hybridized carbons (Fsp3) is 0.500. The van der Waals surface area contributed by atoms with E-state index in [1.54, 1.807) is 12.1 Å². The van der Waals surface area contributed by atoms with Gasteiger partial charge in [-0.2, -0.15) is 0 Å². The van der Waals surface area contributed by atoms with Gasteiger partial charge in [-0.15, -0.1) is 0 Å². The van der Waals surface area contributed by atoms with Crippen molar-refractivity contribution in [2.45, 2.75) is 40.0 Å². The molecule has 0 heterocycles. The maximum Gasteiger partial charge on any atom is 0.141 e. The van der Waals surface area contributed by atoms with E-state index in [1.165, 1.54) is 0 Å². The normalized spacial score (nSPS) is 10.4. The Morgan fingerprint density at radius 1 is 1.16 bits per heavy atom. The molecule has 7 heteroatoms. The Morgan fingerprint density at radius 3 is 2.48 bits per heavy atom. The van der Waals surface area contributed by atoms with Gasteiger partial charge in [-0.3, -0.25) is 0 Å². The number of benzene rings is 1. The lowest BCUT2D eigenvalue weighted by Crippen LogP contribution is -2.05. The molecule has 140 valence electrons. The van der Waals surface area contributed by atoms with E-state index in [1.807, 2.05) is 19.9 Å². The van der Waals surface area contributed by atoms with Gasteiger partial charge in [0.05, 0.1) is 17.3 Å². The van der Waals surface area contributed by atoms with Crippen molar-refractivity contribution in [1.82, 2.24) is 0 Å². The summed E-state index contributed by atoms with van der Waals surface area (Å²) < 4.78 is 11.6. The van der Waals surface area contributed by atoms with Gasteiger partial charge in [0.25, 0.3) is 0 Å². The second-order valence-electron chi connectivity index (χ2n) is 5.86. The van der Waals surface area contributed by atoms with Crippen molar-refractivity contribution in [2.24, 2.45) is 5.16 Å². The van der Waals surface area contributed by atoms with E-state index < -0.39 is 0 Å². The maximum absolute atomic E-state index is 6.38. The van der Waals surface area contributed by atoms with E-state index in [2.05, 4.69) is 19.0 Å². The molecule has 0 aliphatic carbocycles. The molecule has 0 spiro atoms. The summed E-state index contributed by atoms with van der Waals surface area (Å²) in [4.78, 5) is 5.15. The summed E-state index contributed by atoms with van der Waals surface area (Å²) in [6.45, 7) is 9.15. The minimum Gasteiger partial charge on any atom is -0.492 e. The molecule has 1 aromatic carbocycles. The molecule has 0 amide bonds. The Hall–Kier alpha value is -1.10. The third-order valence-electron chi connectivity index (χ3n) is 3.03. The molecule has 0 aliphatic rings. The van der Waals surface area contributed by atoms with Crippen LogP contribution < -0.4 is 9.47 Å². The standard InChI is InChI=1S/C18H24Cl3NO3/c1-12(2)15-10-14(23-9-6-17(20)21)11-16(19)18(15)24-7-5-8-25-22-13(3)4/h6,10-12H,5,7-9H2,1-4H3. The van der Waals surface area contributed by atoms with Crippen LogP contribution in [0.5, 0.6) is 11.5 Å². The molecule has 4 nitrogen and oxygen atoms in total. The summed E-state index contributed by atoms with van der Waals surface area (Å²) in [7, 11) is 0. The first-order valence-corrected chi connectivity index (χ1v) is 9.18. The highest BCUT2D eigenvalue weighted by molar-refractivity contribution is 6.55. The second-order valence-corrected chi connectivity index (χ2v) is 7.27. The third kappa shape index (κ3) is 8.70. The number of halogens is 3. The first-order valence-electron chi connectivity index (χ1n) is 8.04. The lowest BCUT2D eigenvalue weighted by Gasteiger charge is -2.17. The lowest BCUT2D eigenvalue weighted by molar-refractivity contribution is 0.127. The van der Waals surface area contributed by atoms with Gasteiger partial charge in [0.15, 0.2) is 0 Å². The van der Waals surface area contributed by atoms with Crippen molar-refractivity contribution >= 4 is 40.5 Å². The number of hydrogen-bond donors (Lipinski definition) is 0.